The Balaban J connectivity index is 1.85. The van der Waals surface area contributed by atoms with Crippen LogP contribution in [0, 0.1) is 0 Å². The molecule has 2 heterocycles. The quantitative estimate of drug-likeness (QED) is 0.879. The summed E-state index contributed by atoms with van der Waals surface area (Å²) < 4.78 is 0. The van der Waals surface area contributed by atoms with Gasteiger partial charge in [0, 0.05) is 31.2 Å². The van der Waals surface area contributed by atoms with Crippen LogP contribution >= 0.6 is 0 Å². The number of nitrogen functional groups attached to an aromatic ring is 1. The van der Waals surface area contributed by atoms with Crippen molar-refractivity contribution in [2.45, 2.75) is 19.3 Å². The van der Waals surface area contributed by atoms with Crippen molar-refractivity contribution in [3.05, 3.63) is 48.3 Å². The summed E-state index contributed by atoms with van der Waals surface area (Å²) >= 11 is 0. The van der Waals surface area contributed by atoms with E-state index >= 15 is 0 Å². The standard InChI is InChI=1S/C17H19N3O/c18-15-5-3-13(4-6-15)16-7-8-19-12-14(16)11-17(21)20-9-1-2-10-20/h3-8,12H,1-2,9-11,18H2. The first kappa shape index (κ1) is 13.6. The van der Waals surface area contributed by atoms with E-state index in [1.54, 1.807) is 12.4 Å². The van der Waals surface area contributed by atoms with E-state index in [1.165, 1.54) is 0 Å². The van der Waals surface area contributed by atoms with Crippen molar-refractivity contribution >= 4 is 11.6 Å². The maximum Gasteiger partial charge on any atom is 0.227 e. The van der Waals surface area contributed by atoms with Crippen LogP contribution in [0.1, 0.15) is 18.4 Å². The molecular formula is C17H19N3O. The van der Waals surface area contributed by atoms with Crippen LogP contribution in [-0.2, 0) is 11.2 Å². The fraction of sp³-hybridized carbons (Fsp3) is 0.294. The third-order valence-electron chi connectivity index (χ3n) is 3.93. The number of hydrogen-bond acceptors (Lipinski definition) is 3. The van der Waals surface area contributed by atoms with Crippen LogP contribution in [0.2, 0.25) is 0 Å². The van der Waals surface area contributed by atoms with Gasteiger partial charge in [0.05, 0.1) is 6.42 Å². The molecule has 1 aliphatic heterocycles. The second kappa shape index (κ2) is 5.95. The van der Waals surface area contributed by atoms with E-state index in [4.69, 9.17) is 5.73 Å². The number of likely N-dealkylation sites (tertiary alicyclic amines) is 1. The van der Waals surface area contributed by atoms with Crippen molar-refractivity contribution in [3.63, 3.8) is 0 Å². The highest BCUT2D eigenvalue weighted by atomic mass is 16.2. The molecular weight excluding hydrogens is 262 g/mol. The number of benzene rings is 1. The molecule has 0 unspecified atom stereocenters. The van der Waals surface area contributed by atoms with Gasteiger partial charge in [-0.05, 0) is 47.7 Å². The van der Waals surface area contributed by atoms with Gasteiger partial charge in [0.2, 0.25) is 5.91 Å². The number of pyridine rings is 1. The molecule has 2 N–H and O–H groups in total. The van der Waals surface area contributed by atoms with Crippen LogP contribution in [0.4, 0.5) is 5.69 Å². The van der Waals surface area contributed by atoms with Crippen LogP contribution in [0.15, 0.2) is 42.7 Å². The summed E-state index contributed by atoms with van der Waals surface area (Å²) in [7, 11) is 0. The molecule has 1 aromatic carbocycles. The minimum atomic E-state index is 0.192. The summed E-state index contributed by atoms with van der Waals surface area (Å²) in [6, 6.07) is 9.67. The Morgan fingerprint density at radius 3 is 2.57 bits per heavy atom. The Bertz CT molecular complexity index is 631. The summed E-state index contributed by atoms with van der Waals surface area (Å²) in [6.45, 7) is 1.77. The molecule has 0 radical (unpaired) electrons. The first-order valence-electron chi connectivity index (χ1n) is 7.30. The average Bonchev–Trinajstić information content (AvgIpc) is 3.03. The molecule has 1 amide bonds. The number of rotatable bonds is 3. The van der Waals surface area contributed by atoms with Crippen molar-refractivity contribution in [3.8, 4) is 11.1 Å². The fourth-order valence-electron chi connectivity index (χ4n) is 2.75. The lowest BCUT2D eigenvalue weighted by Gasteiger charge is -2.16. The Labute approximate surface area is 124 Å². The zero-order valence-electron chi connectivity index (χ0n) is 12.0. The largest absolute Gasteiger partial charge is 0.399 e. The molecule has 1 aliphatic rings. The Morgan fingerprint density at radius 2 is 1.86 bits per heavy atom. The summed E-state index contributed by atoms with van der Waals surface area (Å²) in [5.41, 5.74) is 9.56. The zero-order chi connectivity index (χ0) is 14.7. The van der Waals surface area contributed by atoms with Gasteiger partial charge in [-0.25, -0.2) is 0 Å². The van der Waals surface area contributed by atoms with Crippen LogP contribution in [-0.4, -0.2) is 28.9 Å². The summed E-state index contributed by atoms with van der Waals surface area (Å²) in [5.74, 6) is 0.192. The third kappa shape index (κ3) is 3.05. The Hall–Kier alpha value is -2.36. The maximum atomic E-state index is 12.3. The predicted octanol–water partition coefficient (Wildman–Crippen LogP) is 2.50. The van der Waals surface area contributed by atoms with Gasteiger partial charge in [0.25, 0.3) is 0 Å². The van der Waals surface area contributed by atoms with E-state index in [9.17, 15) is 4.79 Å². The van der Waals surface area contributed by atoms with E-state index in [2.05, 4.69) is 4.98 Å². The Kier molecular flexibility index (Phi) is 3.86. The molecule has 1 saturated heterocycles. The lowest BCUT2D eigenvalue weighted by atomic mass is 9.99. The van der Waals surface area contributed by atoms with Crippen LogP contribution in [0.5, 0.6) is 0 Å². The van der Waals surface area contributed by atoms with Gasteiger partial charge in [-0.15, -0.1) is 0 Å². The van der Waals surface area contributed by atoms with Crippen LogP contribution in [0.3, 0.4) is 0 Å². The van der Waals surface area contributed by atoms with Crippen molar-refractivity contribution in [1.29, 1.82) is 0 Å². The molecule has 1 fully saturated rings. The second-order valence-electron chi connectivity index (χ2n) is 5.42. The molecule has 0 spiro atoms. The van der Waals surface area contributed by atoms with Gasteiger partial charge in [-0.3, -0.25) is 9.78 Å². The topological polar surface area (TPSA) is 59.2 Å². The van der Waals surface area contributed by atoms with E-state index in [1.807, 2.05) is 35.2 Å². The SMILES string of the molecule is Nc1ccc(-c2ccncc2CC(=O)N2CCCC2)cc1. The van der Waals surface area contributed by atoms with Gasteiger partial charge in [-0.2, -0.15) is 0 Å². The third-order valence-corrected chi connectivity index (χ3v) is 3.93. The van der Waals surface area contributed by atoms with E-state index in [0.717, 1.165) is 48.3 Å². The minimum absolute atomic E-state index is 0.192. The lowest BCUT2D eigenvalue weighted by molar-refractivity contribution is -0.129. The molecule has 0 bridgehead atoms. The maximum absolute atomic E-state index is 12.3. The highest BCUT2D eigenvalue weighted by Gasteiger charge is 2.19. The first-order chi connectivity index (χ1) is 10.2. The van der Waals surface area contributed by atoms with E-state index in [-0.39, 0.29) is 5.91 Å². The van der Waals surface area contributed by atoms with Crippen molar-refractivity contribution < 1.29 is 4.79 Å². The fourth-order valence-corrected chi connectivity index (χ4v) is 2.75. The van der Waals surface area contributed by atoms with Gasteiger partial charge in [0.15, 0.2) is 0 Å². The van der Waals surface area contributed by atoms with Gasteiger partial charge in [-0.1, -0.05) is 12.1 Å². The summed E-state index contributed by atoms with van der Waals surface area (Å²) in [5, 5.41) is 0. The smallest absolute Gasteiger partial charge is 0.227 e. The van der Waals surface area contributed by atoms with Crippen molar-refractivity contribution in [2.75, 3.05) is 18.8 Å². The monoisotopic (exact) mass is 281 g/mol. The van der Waals surface area contributed by atoms with Gasteiger partial charge in [0.1, 0.15) is 0 Å². The molecule has 0 saturated carbocycles. The second-order valence-corrected chi connectivity index (χ2v) is 5.42. The average molecular weight is 281 g/mol. The number of amides is 1. The van der Waals surface area contributed by atoms with Crippen molar-refractivity contribution in [1.82, 2.24) is 9.88 Å². The van der Waals surface area contributed by atoms with Crippen LogP contribution in [0.25, 0.3) is 11.1 Å². The molecule has 0 atom stereocenters. The summed E-state index contributed by atoms with van der Waals surface area (Å²) in [4.78, 5) is 18.4. The molecule has 3 rings (SSSR count). The number of hydrogen-bond donors (Lipinski definition) is 1. The number of nitrogens with zero attached hydrogens (tertiary/aromatic N) is 2. The van der Waals surface area contributed by atoms with Crippen LogP contribution < -0.4 is 5.73 Å². The van der Waals surface area contributed by atoms with E-state index in [0.29, 0.717) is 6.42 Å². The molecule has 21 heavy (non-hydrogen) atoms. The molecule has 4 heteroatoms. The predicted molar refractivity (Wildman–Crippen MR) is 83.6 cm³/mol. The minimum Gasteiger partial charge on any atom is -0.399 e. The number of aromatic nitrogens is 1. The molecule has 4 nitrogen and oxygen atoms in total. The molecule has 108 valence electrons. The normalized spacial score (nSPS) is 14.4. The highest BCUT2D eigenvalue weighted by Crippen LogP contribution is 2.25. The zero-order valence-corrected chi connectivity index (χ0v) is 12.0. The summed E-state index contributed by atoms with van der Waals surface area (Å²) in [6.07, 6.45) is 6.19. The number of nitrogens with two attached hydrogens (primary N) is 1. The molecule has 0 aliphatic carbocycles. The Morgan fingerprint density at radius 1 is 1.14 bits per heavy atom. The molecule has 2 aromatic rings. The van der Waals surface area contributed by atoms with Gasteiger partial charge < -0.3 is 10.6 Å². The lowest BCUT2D eigenvalue weighted by Crippen LogP contribution is -2.29. The van der Waals surface area contributed by atoms with Crippen molar-refractivity contribution in [2.24, 2.45) is 0 Å². The molecule has 1 aromatic heterocycles. The number of carbonyl (C=O) groups is 1. The highest BCUT2D eigenvalue weighted by molar-refractivity contribution is 5.82. The number of carbonyl (C=O) groups excluding carboxylic acids is 1. The van der Waals surface area contributed by atoms with Gasteiger partial charge >= 0.3 is 0 Å². The van der Waals surface area contributed by atoms with E-state index < -0.39 is 0 Å². The number of anilines is 1. The first-order valence-corrected chi connectivity index (χ1v) is 7.30.